The smallest absolute Gasteiger partial charge is 0.0972 e. The summed E-state index contributed by atoms with van der Waals surface area (Å²) < 4.78 is 0. The van der Waals surface area contributed by atoms with E-state index >= 15 is 0 Å². The zero-order chi connectivity index (χ0) is 11.8. The van der Waals surface area contributed by atoms with Gasteiger partial charge < -0.3 is 16.1 Å². The van der Waals surface area contributed by atoms with Crippen LogP contribution in [0.25, 0.3) is 21.8 Å². The van der Waals surface area contributed by atoms with Gasteiger partial charge in [0.1, 0.15) is 0 Å². The molecule has 1 aromatic carbocycles. The van der Waals surface area contributed by atoms with Crippen molar-refractivity contribution in [3.05, 3.63) is 48.3 Å². The number of aromatic nitrogens is 2. The maximum atomic E-state index is 10.8. The Balaban J connectivity index is 0.00000120. The summed E-state index contributed by atoms with van der Waals surface area (Å²) in [5.41, 5.74) is 1.22. The van der Waals surface area contributed by atoms with Crippen LogP contribution in [0.2, 0.25) is 0 Å². The van der Waals surface area contributed by atoms with Gasteiger partial charge in [-0.05, 0) is 12.1 Å². The van der Waals surface area contributed by atoms with Crippen LogP contribution in [0.3, 0.4) is 0 Å². The van der Waals surface area contributed by atoms with E-state index in [0.717, 1.165) is 10.8 Å². The van der Waals surface area contributed by atoms with Crippen molar-refractivity contribution in [2.45, 2.75) is 0 Å². The summed E-state index contributed by atoms with van der Waals surface area (Å²) in [6.07, 6.45) is 1.66. The first-order valence-corrected chi connectivity index (χ1v) is 5.11. The number of benzene rings is 1. The summed E-state index contributed by atoms with van der Waals surface area (Å²) >= 11 is 0. The van der Waals surface area contributed by atoms with Crippen molar-refractivity contribution in [1.29, 1.82) is 0 Å². The lowest BCUT2D eigenvalue weighted by molar-refractivity contribution is -0.255. The average Bonchev–Trinajstić information content (AvgIpc) is 2.38. The third-order valence-electron chi connectivity index (χ3n) is 2.64. The monoisotopic (exact) mass is 241 g/mol. The zero-order valence-electron chi connectivity index (χ0n) is 9.75. The van der Waals surface area contributed by atoms with Gasteiger partial charge in [-0.25, -0.2) is 4.98 Å². The first-order chi connectivity index (χ1) is 8.25. The molecule has 0 fully saturated rings. The molecule has 0 saturated heterocycles. The van der Waals surface area contributed by atoms with Crippen molar-refractivity contribution in [2.24, 2.45) is 0 Å². The van der Waals surface area contributed by atoms with E-state index in [-0.39, 0.29) is 11.8 Å². The molecule has 0 aliphatic rings. The Morgan fingerprint density at radius 2 is 1.67 bits per heavy atom. The van der Waals surface area contributed by atoms with Gasteiger partial charge in [0.15, 0.2) is 0 Å². The average molecular weight is 241 g/mol. The van der Waals surface area contributed by atoms with E-state index < -0.39 is 5.97 Å². The Bertz CT molecular complexity index is 740. The molecule has 5 heteroatoms. The molecule has 0 saturated carbocycles. The van der Waals surface area contributed by atoms with Crippen molar-refractivity contribution in [3.8, 4) is 0 Å². The molecular weight excluding hydrogens is 230 g/mol. The third kappa shape index (κ3) is 1.76. The Kier molecular flexibility index (Phi) is 2.91. The highest BCUT2D eigenvalue weighted by molar-refractivity contribution is 6.03. The molecule has 5 nitrogen and oxygen atoms in total. The van der Waals surface area contributed by atoms with Crippen molar-refractivity contribution in [1.82, 2.24) is 16.1 Å². The molecule has 0 aliphatic carbocycles. The van der Waals surface area contributed by atoms with Gasteiger partial charge in [0.2, 0.25) is 0 Å². The Morgan fingerprint density at radius 1 is 1.00 bits per heavy atom. The molecule has 3 rings (SSSR count). The van der Waals surface area contributed by atoms with Crippen LogP contribution in [0.1, 0.15) is 10.5 Å². The lowest BCUT2D eigenvalue weighted by atomic mass is 10.1. The molecule has 0 aliphatic heterocycles. The van der Waals surface area contributed by atoms with Crippen LogP contribution in [0.5, 0.6) is 0 Å². The molecule has 3 aromatic rings. The zero-order valence-corrected chi connectivity index (χ0v) is 9.75. The largest absolute Gasteiger partial charge is 0.543 e. The van der Waals surface area contributed by atoms with E-state index in [1.54, 1.807) is 12.3 Å². The summed E-state index contributed by atoms with van der Waals surface area (Å²) in [5.74, 6) is -1.28. The topological polar surface area (TPSA) is 102 Å². The minimum atomic E-state index is -1.28. The number of carboxylic acids is 1. The highest BCUT2D eigenvalue weighted by Crippen LogP contribution is 2.21. The normalized spacial score (nSPS) is 10.2. The number of carbonyl (C=O) groups is 1. The van der Waals surface area contributed by atoms with Crippen LogP contribution in [0.4, 0.5) is 0 Å². The van der Waals surface area contributed by atoms with E-state index in [4.69, 9.17) is 0 Å². The van der Waals surface area contributed by atoms with Crippen LogP contribution in [0, 0.1) is 0 Å². The lowest BCUT2D eigenvalue weighted by Crippen LogP contribution is -2.23. The minimum Gasteiger partial charge on any atom is -0.543 e. The van der Waals surface area contributed by atoms with Crippen LogP contribution in [-0.4, -0.2) is 15.9 Å². The van der Waals surface area contributed by atoms with Gasteiger partial charge in [-0.1, -0.05) is 24.3 Å². The number of hydrogen-bond acceptors (Lipinski definition) is 4. The second-order valence-electron chi connectivity index (χ2n) is 3.70. The molecule has 0 radical (unpaired) electrons. The highest BCUT2D eigenvalue weighted by atomic mass is 16.4. The molecule has 0 bridgehead atoms. The fourth-order valence-corrected chi connectivity index (χ4v) is 1.84. The predicted molar refractivity (Wildman–Crippen MR) is 67.4 cm³/mol. The Hall–Kier alpha value is -2.53. The number of aromatic carboxylic acids is 1. The van der Waals surface area contributed by atoms with Gasteiger partial charge in [-0.3, -0.25) is 4.98 Å². The van der Waals surface area contributed by atoms with Gasteiger partial charge in [0.05, 0.1) is 22.7 Å². The van der Waals surface area contributed by atoms with E-state index in [1.807, 2.05) is 24.3 Å². The SMILES string of the molecule is O=C([O-])c1ccc2ccc3cccnc3c2n1.[NH4+]. The molecule has 0 amide bonds. The van der Waals surface area contributed by atoms with Crippen LogP contribution in [0.15, 0.2) is 42.6 Å². The molecule has 2 aromatic heterocycles. The molecule has 18 heavy (non-hydrogen) atoms. The van der Waals surface area contributed by atoms with Crippen LogP contribution in [-0.2, 0) is 0 Å². The van der Waals surface area contributed by atoms with E-state index in [0.29, 0.717) is 11.0 Å². The number of carbonyl (C=O) groups excluding carboxylic acids is 1. The van der Waals surface area contributed by atoms with E-state index in [2.05, 4.69) is 9.97 Å². The predicted octanol–water partition coefficient (Wildman–Crippen LogP) is 1.52. The summed E-state index contributed by atoms with van der Waals surface area (Å²) in [6, 6.07) is 10.7. The summed E-state index contributed by atoms with van der Waals surface area (Å²) in [4.78, 5) is 19.1. The maximum absolute atomic E-state index is 10.8. The third-order valence-corrected chi connectivity index (χ3v) is 2.64. The van der Waals surface area contributed by atoms with Crippen LogP contribution >= 0.6 is 0 Å². The second-order valence-corrected chi connectivity index (χ2v) is 3.70. The maximum Gasteiger partial charge on any atom is 0.0972 e. The van der Waals surface area contributed by atoms with Gasteiger partial charge in [0, 0.05) is 17.0 Å². The highest BCUT2D eigenvalue weighted by Gasteiger charge is 2.04. The molecule has 0 spiro atoms. The number of hydrogen-bond donors (Lipinski definition) is 1. The number of carboxylic acid groups (broad SMARTS) is 1. The molecule has 90 valence electrons. The first kappa shape index (κ1) is 11.9. The number of fused-ring (bicyclic) bond motifs is 3. The summed E-state index contributed by atoms with van der Waals surface area (Å²) in [5, 5.41) is 12.6. The van der Waals surface area contributed by atoms with Crippen LogP contribution < -0.4 is 11.3 Å². The molecular formula is C13H11N3O2. The summed E-state index contributed by atoms with van der Waals surface area (Å²) in [7, 11) is 0. The van der Waals surface area contributed by atoms with E-state index in [1.165, 1.54) is 6.07 Å². The fourth-order valence-electron chi connectivity index (χ4n) is 1.84. The summed E-state index contributed by atoms with van der Waals surface area (Å²) in [6.45, 7) is 0. The van der Waals surface area contributed by atoms with Gasteiger partial charge >= 0.3 is 0 Å². The standard InChI is InChI=1S/C13H8N2O2.H3N/c16-13(17)10-6-5-9-4-3-8-2-1-7-14-11(8)12(9)15-10;/h1-7H,(H,16,17);1H3. The van der Waals surface area contributed by atoms with Gasteiger partial charge in [0.25, 0.3) is 0 Å². The van der Waals surface area contributed by atoms with Crippen molar-refractivity contribution >= 4 is 27.8 Å². The number of pyridine rings is 2. The second kappa shape index (κ2) is 4.38. The van der Waals surface area contributed by atoms with Crippen molar-refractivity contribution in [2.75, 3.05) is 0 Å². The molecule has 0 atom stereocenters. The van der Waals surface area contributed by atoms with E-state index in [9.17, 15) is 9.90 Å². The molecule has 0 unspecified atom stereocenters. The Labute approximate surface area is 103 Å². The number of quaternary nitrogens is 1. The van der Waals surface area contributed by atoms with Crippen molar-refractivity contribution < 1.29 is 9.90 Å². The first-order valence-electron chi connectivity index (χ1n) is 5.11. The number of rotatable bonds is 1. The quantitative estimate of drug-likeness (QED) is 0.652. The fraction of sp³-hybridized carbons (Fsp3) is 0. The Morgan fingerprint density at radius 3 is 2.39 bits per heavy atom. The molecule has 4 N–H and O–H groups in total. The lowest BCUT2D eigenvalue weighted by Gasteiger charge is -2.05. The van der Waals surface area contributed by atoms with Gasteiger partial charge in [-0.15, -0.1) is 0 Å². The number of nitrogens with zero attached hydrogens (tertiary/aromatic N) is 2. The van der Waals surface area contributed by atoms with Crippen molar-refractivity contribution in [3.63, 3.8) is 0 Å². The minimum absolute atomic E-state index is 0. The molecule has 2 heterocycles. The van der Waals surface area contributed by atoms with Gasteiger partial charge in [-0.2, -0.15) is 0 Å².